The molecule has 0 aliphatic rings. The fraction of sp³-hybridized carbons (Fsp3) is 0.571. The SMILES string of the molecule is C=C(C)C(=O)N[C@@H](O)CC. The summed E-state index contributed by atoms with van der Waals surface area (Å²) in [5.74, 6) is -0.297. The minimum atomic E-state index is -0.746. The normalized spacial score (nSPS) is 12.3. The topological polar surface area (TPSA) is 49.3 Å². The van der Waals surface area contributed by atoms with Gasteiger partial charge in [0.15, 0.2) is 0 Å². The van der Waals surface area contributed by atoms with E-state index in [1.807, 2.05) is 0 Å². The van der Waals surface area contributed by atoms with Gasteiger partial charge in [-0.15, -0.1) is 0 Å². The standard InChI is InChI=1S/C7H13NO2/c1-4-6(9)8-7(10)5(2)3/h6,9H,2,4H2,1,3H3,(H,8,10)/t6-/m0/s1. The Kier molecular flexibility index (Phi) is 3.72. The number of hydrogen-bond acceptors (Lipinski definition) is 2. The highest BCUT2D eigenvalue weighted by atomic mass is 16.3. The maximum atomic E-state index is 10.7. The van der Waals surface area contributed by atoms with Crippen molar-refractivity contribution in [2.75, 3.05) is 0 Å². The van der Waals surface area contributed by atoms with Crippen LogP contribution < -0.4 is 5.32 Å². The minimum absolute atomic E-state index is 0.297. The molecule has 0 heterocycles. The molecule has 1 amide bonds. The van der Waals surface area contributed by atoms with Gasteiger partial charge in [0, 0.05) is 5.57 Å². The lowest BCUT2D eigenvalue weighted by atomic mass is 10.3. The van der Waals surface area contributed by atoms with E-state index in [1.165, 1.54) is 0 Å². The highest BCUT2D eigenvalue weighted by Gasteiger charge is 2.05. The summed E-state index contributed by atoms with van der Waals surface area (Å²) in [6, 6.07) is 0. The average molecular weight is 143 g/mol. The number of aliphatic hydroxyl groups is 1. The maximum Gasteiger partial charge on any atom is 0.248 e. The molecule has 0 unspecified atom stereocenters. The minimum Gasteiger partial charge on any atom is -0.374 e. The third-order valence-corrected chi connectivity index (χ3v) is 1.07. The van der Waals surface area contributed by atoms with Crippen LogP contribution >= 0.6 is 0 Å². The van der Waals surface area contributed by atoms with Crippen molar-refractivity contribution in [3.8, 4) is 0 Å². The van der Waals surface area contributed by atoms with Crippen LogP contribution in [0, 0.1) is 0 Å². The Bertz CT molecular complexity index is 143. The number of amides is 1. The molecule has 3 heteroatoms. The molecule has 58 valence electrons. The number of aliphatic hydroxyl groups excluding tert-OH is 1. The first-order valence-corrected chi connectivity index (χ1v) is 3.22. The molecule has 0 fully saturated rings. The molecule has 1 atom stereocenters. The van der Waals surface area contributed by atoms with Crippen molar-refractivity contribution in [3.63, 3.8) is 0 Å². The summed E-state index contributed by atoms with van der Waals surface area (Å²) in [7, 11) is 0. The second-order valence-electron chi connectivity index (χ2n) is 2.18. The van der Waals surface area contributed by atoms with E-state index >= 15 is 0 Å². The Morgan fingerprint density at radius 2 is 2.30 bits per heavy atom. The molecule has 3 nitrogen and oxygen atoms in total. The monoisotopic (exact) mass is 143 g/mol. The molecule has 0 radical (unpaired) electrons. The Labute approximate surface area is 60.7 Å². The second kappa shape index (κ2) is 4.06. The van der Waals surface area contributed by atoms with Gasteiger partial charge in [-0.3, -0.25) is 4.79 Å². The number of carbonyl (C=O) groups is 1. The fourth-order valence-electron chi connectivity index (χ4n) is 0.377. The first-order valence-electron chi connectivity index (χ1n) is 3.22. The highest BCUT2D eigenvalue weighted by Crippen LogP contribution is 1.89. The van der Waals surface area contributed by atoms with E-state index in [-0.39, 0.29) is 5.91 Å². The van der Waals surface area contributed by atoms with Gasteiger partial charge in [-0.2, -0.15) is 0 Å². The first kappa shape index (κ1) is 9.17. The van der Waals surface area contributed by atoms with Gasteiger partial charge < -0.3 is 10.4 Å². The zero-order chi connectivity index (χ0) is 8.15. The lowest BCUT2D eigenvalue weighted by Gasteiger charge is -2.09. The van der Waals surface area contributed by atoms with Crippen molar-refractivity contribution in [2.24, 2.45) is 0 Å². The van der Waals surface area contributed by atoms with E-state index in [1.54, 1.807) is 13.8 Å². The fourth-order valence-corrected chi connectivity index (χ4v) is 0.377. The van der Waals surface area contributed by atoms with Crippen molar-refractivity contribution in [2.45, 2.75) is 26.5 Å². The van der Waals surface area contributed by atoms with Gasteiger partial charge in [0.05, 0.1) is 0 Å². The highest BCUT2D eigenvalue weighted by molar-refractivity contribution is 5.92. The molecule has 0 saturated carbocycles. The van der Waals surface area contributed by atoms with Crippen molar-refractivity contribution >= 4 is 5.91 Å². The van der Waals surface area contributed by atoms with E-state index in [0.29, 0.717) is 12.0 Å². The average Bonchev–Trinajstić information content (AvgIpc) is 1.87. The van der Waals surface area contributed by atoms with Crippen LogP contribution in [0.3, 0.4) is 0 Å². The van der Waals surface area contributed by atoms with Crippen molar-refractivity contribution in [1.82, 2.24) is 5.32 Å². The number of carbonyl (C=O) groups excluding carboxylic acids is 1. The summed E-state index contributed by atoms with van der Waals surface area (Å²) >= 11 is 0. The summed E-state index contributed by atoms with van der Waals surface area (Å²) in [6.45, 7) is 6.80. The first-order chi connectivity index (χ1) is 4.57. The summed E-state index contributed by atoms with van der Waals surface area (Å²) < 4.78 is 0. The van der Waals surface area contributed by atoms with Crippen LogP contribution in [-0.4, -0.2) is 17.2 Å². The molecule has 0 aliphatic carbocycles. The van der Waals surface area contributed by atoms with Crippen LogP contribution in [0.5, 0.6) is 0 Å². The molecule has 0 bridgehead atoms. The largest absolute Gasteiger partial charge is 0.374 e. The molecule has 0 rings (SSSR count). The van der Waals surface area contributed by atoms with E-state index in [2.05, 4.69) is 11.9 Å². The van der Waals surface area contributed by atoms with Crippen LogP contribution in [-0.2, 0) is 4.79 Å². The predicted octanol–water partition coefficient (Wildman–Crippen LogP) is 0.407. The van der Waals surface area contributed by atoms with Gasteiger partial charge >= 0.3 is 0 Å². The van der Waals surface area contributed by atoms with Gasteiger partial charge in [0.25, 0.3) is 0 Å². The van der Waals surface area contributed by atoms with E-state index in [0.717, 1.165) is 0 Å². The zero-order valence-electron chi connectivity index (χ0n) is 6.35. The molecule has 10 heavy (non-hydrogen) atoms. The lowest BCUT2D eigenvalue weighted by molar-refractivity contribution is -0.120. The zero-order valence-corrected chi connectivity index (χ0v) is 6.35. The van der Waals surface area contributed by atoms with Crippen molar-refractivity contribution < 1.29 is 9.90 Å². The molecule has 0 spiro atoms. The van der Waals surface area contributed by atoms with Gasteiger partial charge in [-0.1, -0.05) is 13.5 Å². The lowest BCUT2D eigenvalue weighted by Crippen LogP contribution is -2.34. The smallest absolute Gasteiger partial charge is 0.248 e. The molecule has 0 aromatic rings. The van der Waals surface area contributed by atoms with E-state index in [4.69, 9.17) is 5.11 Å². The maximum absolute atomic E-state index is 10.7. The van der Waals surface area contributed by atoms with Crippen LogP contribution in [0.25, 0.3) is 0 Å². The Morgan fingerprint density at radius 1 is 1.80 bits per heavy atom. The Balaban J connectivity index is 3.68. The quantitative estimate of drug-likeness (QED) is 0.444. The number of hydrogen-bond donors (Lipinski definition) is 2. The van der Waals surface area contributed by atoms with Gasteiger partial charge in [0.1, 0.15) is 6.23 Å². The molecular weight excluding hydrogens is 130 g/mol. The van der Waals surface area contributed by atoms with Crippen LogP contribution in [0.4, 0.5) is 0 Å². The summed E-state index contributed by atoms with van der Waals surface area (Å²) in [5.41, 5.74) is 0.410. The number of nitrogens with one attached hydrogen (secondary N) is 1. The molecule has 0 aliphatic heterocycles. The van der Waals surface area contributed by atoms with Gasteiger partial charge in [-0.25, -0.2) is 0 Å². The van der Waals surface area contributed by atoms with Gasteiger partial charge in [-0.05, 0) is 13.3 Å². The third kappa shape index (κ3) is 3.25. The van der Waals surface area contributed by atoms with E-state index < -0.39 is 6.23 Å². The molecule has 2 N–H and O–H groups in total. The summed E-state index contributed by atoms with van der Waals surface area (Å²) in [5, 5.41) is 11.3. The van der Waals surface area contributed by atoms with Crippen LogP contribution in [0.2, 0.25) is 0 Å². The summed E-state index contributed by atoms with van der Waals surface area (Å²) in [6.07, 6.45) is -0.233. The van der Waals surface area contributed by atoms with Crippen molar-refractivity contribution in [3.05, 3.63) is 12.2 Å². The molecule has 0 aromatic heterocycles. The second-order valence-corrected chi connectivity index (χ2v) is 2.18. The molecular formula is C7H13NO2. The number of rotatable bonds is 3. The van der Waals surface area contributed by atoms with Gasteiger partial charge in [0.2, 0.25) is 5.91 Å². The molecule has 0 saturated heterocycles. The van der Waals surface area contributed by atoms with E-state index in [9.17, 15) is 4.79 Å². The van der Waals surface area contributed by atoms with Crippen LogP contribution in [0.1, 0.15) is 20.3 Å². The summed E-state index contributed by atoms with van der Waals surface area (Å²) in [4.78, 5) is 10.7. The van der Waals surface area contributed by atoms with Crippen molar-refractivity contribution in [1.29, 1.82) is 0 Å². The third-order valence-electron chi connectivity index (χ3n) is 1.07. The predicted molar refractivity (Wildman–Crippen MR) is 39.3 cm³/mol. The Morgan fingerprint density at radius 3 is 2.60 bits per heavy atom. The van der Waals surface area contributed by atoms with Crippen LogP contribution in [0.15, 0.2) is 12.2 Å². The molecule has 0 aromatic carbocycles. The Hall–Kier alpha value is -0.830.